The first kappa shape index (κ1) is 15.4. The molecule has 0 unspecified atom stereocenters. The molecule has 2 N–H and O–H groups in total. The van der Waals surface area contributed by atoms with Gasteiger partial charge in [0.2, 0.25) is 16.8 Å². The molecule has 0 fully saturated rings. The third-order valence-electron chi connectivity index (χ3n) is 4.33. The molecule has 4 rings (SSSR count). The second-order valence-electron chi connectivity index (χ2n) is 6.00. The number of nitrogens with one attached hydrogen (secondary N) is 2. The van der Waals surface area contributed by atoms with Crippen LogP contribution < -0.4 is 19.5 Å². The Labute approximate surface area is 140 Å². The van der Waals surface area contributed by atoms with Crippen molar-refractivity contribution in [1.82, 2.24) is 10.0 Å². The first-order chi connectivity index (χ1) is 11.5. The van der Waals surface area contributed by atoms with Crippen molar-refractivity contribution < 1.29 is 17.9 Å². The molecule has 2 heterocycles. The van der Waals surface area contributed by atoms with E-state index in [1.807, 2.05) is 18.2 Å². The summed E-state index contributed by atoms with van der Waals surface area (Å²) in [5, 5.41) is 3.28. The van der Waals surface area contributed by atoms with Crippen molar-refractivity contribution in [3.63, 3.8) is 0 Å². The van der Waals surface area contributed by atoms with Crippen molar-refractivity contribution in [2.24, 2.45) is 0 Å². The fourth-order valence-corrected chi connectivity index (χ4v) is 4.29. The summed E-state index contributed by atoms with van der Waals surface area (Å²) in [7, 11) is -3.63. The lowest BCUT2D eigenvalue weighted by Gasteiger charge is -2.11. The zero-order valence-electron chi connectivity index (χ0n) is 13.3. The van der Waals surface area contributed by atoms with Crippen molar-refractivity contribution >= 4 is 10.0 Å². The van der Waals surface area contributed by atoms with Crippen LogP contribution in [0.4, 0.5) is 0 Å². The lowest BCUT2D eigenvalue weighted by atomic mass is 10.1. The minimum atomic E-state index is -3.63. The van der Waals surface area contributed by atoms with E-state index in [-0.39, 0.29) is 18.2 Å². The largest absolute Gasteiger partial charge is 0.454 e. The second-order valence-corrected chi connectivity index (χ2v) is 7.74. The Morgan fingerprint density at radius 2 is 1.83 bits per heavy atom. The van der Waals surface area contributed by atoms with Crippen molar-refractivity contribution in [3.8, 4) is 11.5 Å². The molecule has 2 aliphatic rings. The summed E-state index contributed by atoms with van der Waals surface area (Å²) in [5.74, 6) is 1.04. The molecule has 0 radical (unpaired) electrons. The first-order valence-corrected chi connectivity index (χ1v) is 9.22. The van der Waals surface area contributed by atoms with E-state index in [0.29, 0.717) is 17.1 Å². The smallest absolute Gasteiger partial charge is 0.241 e. The first-order valence-electron chi connectivity index (χ1n) is 7.74. The summed E-state index contributed by atoms with van der Waals surface area (Å²) >= 11 is 0. The zero-order chi connectivity index (χ0) is 16.7. The van der Waals surface area contributed by atoms with Crippen LogP contribution in [0, 0.1) is 6.92 Å². The van der Waals surface area contributed by atoms with Crippen molar-refractivity contribution in [3.05, 3.63) is 52.6 Å². The molecule has 0 saturated carbocycles. The fourth-order valence-electron chi connectivity index (χ4n) is 3.03. The number of ether oxygens (including phenoxy) is 2. The molecule has 0 amide bonds. The molecule has 126 valence electrons. The van der Waals surface area contributed by atoms with Gasteiger partial charge in [-0.3, -0.25) is 0 Å². The summed E-state index contributed by atoms with van der Waals surface area (Å²) in [6, 6.07) is 9.26. The summed E-state index contributed by atoms with van der Waals surface area (Å²) in [4.78, 5) is 0.217. The number of aryl methyl sites for hydroxylation is 1. The van der Waals surface area contributed by atoms with E-state index in [0.717, 1.165) is 18.7 Å². The van der Waals surface area contributed by atoms with Crippen LogP contribution >= 0.6 is 0 Å². The number of hydrogen-bond acceptors (Lipinski definition) is 5. The predicted octanol–water partition coefficient (Wildman–Crippen LogP) is 1.81. The van der Waals surface area contributed by atoms with Gasteiger partial charge in [0.05, 0.1) is 4.90 Å². The van der Waals surface area contributed by atoms with Gasteiger partial charge in [-0.05, 0) is 35.2 Å². The molecule has 2 aromatic rings. The Morgan fingerprint density at radius 1 is 1.08 bits per heavy atom. The van der Waals surface area contributed by atoms with Gasteiger partial charge in [0.1, 0.15) is 0 Å². The molecule has 0 atom stereocenters. The average Bonchev–Trinajstić information content (AvgIpc) is 3.19. The molecular weight excluding hydrogens is 328 g/mol. The third-order valence-corrected chi connectivity index (χ3v) is 5.87. The number of hydrogen-bond donors (Lipinski definition) is 2. The Kier molecular flexibility index (Phi) is 3.71. The molecule has 0 aliphatic carbocycles. The Hall–Kier alpha value is -2.09. The van der Waals surface area contributed by atoms with E-state index in [4.69, 9.17) is 9.47 Å². The second kappa shape index (κ2) is 5.77. The van der Waals surface area contributed by atoms with Crippen LogP contribution in [-0.2, 0) is 29.7 Å². The van der Waals surface area contributed by atoms with Gasteiger partial charge >= 0.3 is 0 Å². The van der Waals surface area contributed by atoms with Gasteiger partial charge in [-0.1, -0.05) is 18.2 Å². The third kappa shape index (κ3) is 2.75. The molecular formula is C17H18N2O4S. The van der Waals surface area contributed by atoms with Crippen LogP contribution in [0.3, 0.4) is 0 Å². The lowest BCUT2D eigenvalue weighted by Crippen LogP contribution is -2.24. The quantitative estimate of drug-likeness (QED) is 0.883. The monoisotopic (exact) mass is 346 g/mol. The van der Waals surface area contributed by atoms with Crippen molar-refractivity contribution in [1.29, 1.82) is 0 Å². The van der Waals surface area contributed by atoms with Gasteiger partial charge < -0.3 is 14.8 Å². The van der Waals surface area contributed by atoms with Crippen LogP contribution in [0.1, 0.15) is 22.3 Å². The van der Waals surface area contributed by atoms with Crippen LogP contribution in [0.15, 0.2) is 35.2 Å². The van der Waals surface area contributed by atoms with Crippen molar-refractivity contribution in [2.45, 2.75) is 31.5 Å². The van der Waals surface area contributed by atoms with Gasteiger partial charge in [-0.25, -0.2) is 13.1 Å². The Morgan fingerprint density at radius 3 is 2.67 bits per heavy atom. The Balaban J connectivity index is 1.56. The lowest BCUT2D eigenvalue weighted by molar-refractivity contribution is 0.174. The highest BCUT2D eigenvalue weighted by atomic mass is 32.2. The number of benzene rings is 2. The molecule has 7 heteroatoms. The normalized spacial score (nSPS) is 15.5. The minimum absolute atomic E-state index is 0.120. The van der Waals surface area contributed by atoms with E-state index in [1.165, 1.54) is 17.2 Å². The minimum Gasteiger partial charge on any atom is -0.454 e. The summed E-state index contributed by atoms with van der Waals surface area (Å²) in [5.41, 5.74) is 4.07. The van der Waals surface area contributed by atoms with E-state index in [2.05, 4.69) is 10.0 Å². The van der Waals surface area contributed by atoms with Gasteiger partial charge in [0.15, 0.2) is 11.5 Å². The van der Waals surface area contributed by atoms with E-state index < -0.39 is 10.0 Å². The maximum Gasteiger partial charge on any atom is 0.241 e. The molecule has 2 aliphatic heterocycles. The molecule has 6 nitrogen and oxygen atoms in total. The van der Waals surface area contributed by atoms with Gasteiger partial charge in [0, 0.05) is 25.7 Å². The molecule has 2 aromatic carbocycles. The number of sulfonamides is 1. The SMILES string of the molecule is Cc1cc2c(cc1S(=O)(=O)NCc1ccc3c(c1)CNC3)OCO2. The van der Waals surface area contributed by atoms with Gasteiger partial charge in [0.25, 0.3) is 0 Å². The average molecular weight is 346 g/mol. The summed E-state index contributed by atoms with van der Waals surface area (Å²) in [6.45, 7) is 3.82. The van der Waals surface area contributed by atoms with Gasteiger partial charge in [-0.15, -0.1) is 0 Å². The van der Waals surface area contributed by atoms with Crippen molar-refractivity contribution in [2.75, 3.05) is 6.79 Å². The standard InChI is InChI=1S/C17H18N2O4S/c1-11-4-15-16(23-10-22-15)6-17(11)24(20,21)19-7-12-2-3-13-8-18-9-14(13)5-12/h2-6,18-19H,7-10H2,1H3. The molecule has 0 spiro atoms. The van der Waals surface area contributed by atoms with E-state index in [1.54, 1.807) is 13.0 Å². The topological polar surface area (TPSA) is 76.7 Å². The highest BCUT2D eigenvalue weighted by Gasteiger charge is 2.23. The van der Waals surface area contributed by atoms with Gasteiger partial charge in [-0.2, -0.15) is 0 Å². The van der Waals surface area contributed by atoms with Crippen LogP contribution in [0.5, 0.6) is 11.5 Å². The molecule has 24 heavy (non-hydrogen) atoms. The predicted molar refractivity (Wildman–Crippen MR) is 88.3 cm³/mol. The van der Waals surface area contributed by atoms with E-state index >= 15 is 0 Å². The summed E-state index contributed by atoms with van der Waals surface area (Å²) < 4.78 is 38.5. The molecule has 0 bridgehead atoms. The number of fused-ring (bicyclic) bond motifs is 2. The summed E-state index contributed by atoms with van der Waals surface area (Å²) in [6.07, 6.45) is 0. The van der Waals surface area contributed by atoms with Crippen LogP contribution in [-0.4, -0.2) is 15.2 Å². The molecule has 0 saturated heterocycles. The maximum absolute atomic E-state index is 12.6. The highest BCUT2D eigenvalue weighted by molar-refractivity contribution is 7.89. The molecule has 0 aromatic heterocycles. The zero-order valence-corrected chi connectivity index (χ0v) is 14.1. The number of rotatable bonds is 4. The maximum atomic E-state index is 12.6. The highest BCUT2D eigenvalue weighted by Crippen LogP contribution is 2.36. The van der Waals surface area contributed by atoms with Crippen LogP contribution in [0.25, 0.3) is 0 Å². The van der Waals surface area contributed by atoms with E-state index in [9.17, 15) is 8.42 Å². The fraction of sp³-hybridized carbons (Fsp3) is 0.294. The van der Waals surface area contributed by atoms with Crippen LogP contribution in [0.2, 0.25) is 0 Å². The Bertz CT molecular complexity index is 909.